The van der Waals surface area contributed by atoms with Gasteiger partial charge in [-0.1, -0.05) is 30.3 Å². The maximum atomic E-state index is 12.1. The lowest BCUT2D eigenvalue weighted by atomic mass is 10.2. The third kappa shape index (κ3) is 3.96. The fourth-order valence-electron chi connectivity index (χ4n) is 1.24. The zero-order valence-corrected chi connectivity index (χ0v) is 11.8. The van der Waals surface area contributed by atoms with Gasteiger partial charge < -0.3 is 9.05 Å². The SMILES string of the molecule is COP(=O)(OC)C(=NCc1ccccc1)SC. The lowest BCUT2D eigenvalue weighted by Crippen LogP contribution is -2.00. The van der Waals surface area contributed by atoms with E-state index in [9.17, 15) is 4.57 Å². The van der Waals surface area contributed by atoms with E-state index in [-0.39, 0.29) is 0 Å². The summed E-state index contributed by atoms with van der Waals surface area (Å²) >= 11 is 1.28. The van der Waals surface area contributed by atoms with Gasteiger partial charge in [-0.15, -0.1) is 11.8 Å². The molecule has 1 rings (SSSR count). The summed E-state index contributed by atoms with van der Waals surface area (Å²) in [6.07, 6.45) is 1.80. The van der Waals surface area contributed by atoms with E-state index in [0.717, 1.165) is 5.56 Å². The van der Waals surface area contributed by atoms with Gasteiger partial charge in [-0.3, -0.25) is 9.56 Å². The van der Waals surface area contributed by atoms with Gasteiger partial charge in [0.25, 0.3) is 0 Å². The smallest absolute Gasteiger partial charge is 0.307 e. The van der Waals surface area contributed by atoms with Crippen LogP contribution in [-0.2, 0) is 20.2 Å². The molecule has 0 fully saturated rings. The Hall–Kier alpha value is -0.610. The molecular formula is C11H16NO3PS. The molecule has 1 aromatic carbocycles. The summed E-state index contributed by atoms with van der Waals surface area (Å²) in [7, 11) is -0.496. The number of thioether (sulfide) groups is 1. The van der Waals surface area contributed by atoms with Gasteiger partial charge in [0.2, 0.25) is 0 Å². The first-order valence-electron chi connectivity index (χ1n) is 5.00. The van der Waals surface area contributed by atoms with E-state index < -0.39 is 7.60 Å². The topological polar surface area (TPSA) is 47.9 Å². The van der Waals surface area contributed by atoms with Crippen LogP contribution in [0.3, 0.4) is 0 Å². The number of rotatable bonds is 5. The Morgan fingerprint density at radius 3 is 2.35 bits per heavy atom. The Labute approximate surface area is 106 Å². The van der Waals surface area contributed by atoms with E-state index >= 15 is 0 Å². The molecule has 0 aliphatic carbocycles. The van der Waals surface area contributed by atoms with Gasteiger partial charge in [-0.05, 0) is 11.8 Å². The maximum absolute atomic E-state index is 12.1. The molecule has 0 saturated carbocycles. The molecule has 0 aliphatic rings. The van der Waals surface area contributed by atoms with Crippen molar-refractivity contribution in [2.75, 3.05) is 20.5 Å². The Morgan fingerprint density at radius 1 is 1.29 bits per heavy atom. The van der Waals surface area contributed by atoms with Gasteiger partial charge in [0.15, 0.2) is 4.78 Å². The van der Waals surface area contributed by atoms with Gasteiger partial charge in [-0.25, -0.2) is 0 Å². The molecule has 0 atom stereocenters. The predicted molar refractivity (Wildman–Crippen MR) is 72.7 cm³/mol. The van der Waals surface area contributed by atoms with Crippen molar-refractivity contribution in [3.05, 3.63) is 35.9 Å². The highest BCUT2D eigenvalue weighted by Crippen LogP contribution is 2.51. The molecule has 1 aromatic rings. The van der Waals surface area contributed by atoms with E-state index in [2.05, 4.69) is 4.99 Å². The summed E-state index contributed by atoms with van der Waals surface area (Å²) in [6.45, 7) is 0.466. The van der Waals surface area contributed by atoms with Crippen molar-refractivity contribution in [2.24, 2.45) is 4.99 Å². The largest absolute Gasteiger partial charge is 0.385 e. The second-order valence-electron chi connectivity index (χ2n) is 3.15. The van der Waals surface area contributed by atoms with Crippen LogP contribution in [0.15, 0.2) is 35.3 Å². The summed E-state index contributed by atoms with van der Waals surface area (Å²) in [5.74, 6) is 0. The van der Waals surface area contributed by atoms with Gasteiger partial charge >= 0.3 is 7.60 Å². The second kappa shape index (κ2) is 6.97. The Kier molecular flexibility index (Phi) is 5.92. The van der Waals surface area contributed by atoms with Crippen molar-refractivity contribution in [3.8, 4) is 0 Å². The number of nitrogens with zero attached hydrogens (tertiary/aromatic N) is 1. The number of hydrogen-bond donors (Lipinski definition) is 0. The highest BCUT2D eigenvalue weighted by molar-refractivity contribution is 8.25. The third-order valence-corrected chi connectivity index (χ3v) is 5.42. The van der Waals surface area contributed by atoms with Gasteiger partial charge in [-0.2, -0.15) is 0 Å². The van der Waals surface area contributed by atoms with E-state index in [1.807, 2.05) is 30.3 Å². The van der Waals surface area contributed by atoms with Crippen molar-refractivity contribution in [2.45, 2.75) is 6.54 Å². The van der Waals surface area contributed by atoms with Crippen LogP contribution in [0.2, 0.25) is 0 Å². The summed E-state index contributed by atoms with van der Waals surface area (Å²) < 4.78 is 21.9. The molecule has 0 amide bonds. The fraction of sp³-hybridized carbons (Fsp3) is 0.364. The summed E-state index contributed by atoms with van der Waals surface area (Å²) in [6, 6.07) is 9.75. The molecule has 0 unspecified atom stereocenters. The molecule has 0 radical (unpaired) electrons. The summed E-state index contributed by atoms with van der Waals surface area (Å²) in [5.41, 5.74) is 1.05. The molecule has 4 nitrogen and oxygen atoms in total. The molecule has 0 aliphatic heterocycles. The zero-order chi connectivity index (χ0) is 12.7. The minimum Gasteiger partial charge on any atom is -0.307 e. The van der Waals surface area contributed by atoms with Crippen LogP contribution < -0.4 is 0 Å². The first-order chi connectivity index (χ1) is 8.16. The maximum Gasteiger partial charge on any atom is 0.385 e. The number of benzene rings is 1. The molecule has 0 bridgehead atoms. The average Bonchev–Trinajstić information content (AvgIpc) is 2.40. The van der Waals surface area contributed by atoms with E-state index in [1.54, 1.807) is 6.26 Å². The van der Waals surface area contributed by atoms with Crippen LogP contribution in [0.25, 0.3) is 0 Å². The van der Waals surface area contributed by atoms with Gasteiger partial charge in [0.05, 0.1) is 6.54 Å². The predicted octanol–water partition coefficient (Wildman–Crippen LogP) is 3.39. The van der Waals surface area contributed by atoms with Crippen molar-refractivity contribution < 1.29 is 13.6 Å². The summed E-state index contributed by atoms with van der Waals surface area (Å²) in [4.78, 5) is 4.69. The monoisotopic (exact) mass is 273 g/mol. The second-order valence-corrected chi connectivity index (χ2v) is 6.40. The lowest BCUT2D eigenvalue weighted by Gasteiger charge is -2.14. The molecule has 0 saturated heterocycles. The quantitative estimate of drug-likeness (QED) is 0.468. The molecule has 0 N–H and O–H groups in total. The van der Waals surface area contributed by atoms with Crippen LogP contribution >= 0.6 is 19.4 Å². The lowest BCUT2D eigenvalue weighted by molar-refractivity contribution is 0.291. The number of aliphatic imine (C=N–C) groups is 1. The van der Waals surface area contributed by atoms with Gasteiger partial charge in [0, 0.05) is 14.2 Å². The average molecular weight is 273 g/mol. The molecule has 17 heavy (non-hydrogen) atoms. The van der Waals surface area contributed by atoms with Crippen LogP contribution in [0.1, 0.15) is 5.56 Å². The van der Waals surface area contributed by atoms with Crippen molar-refractivity contribution in [3.63, 3.8) is 0 Å². The standard InChI is InChI=1S/C11H16NO3PS/c1-14-16(13,15-2)11(17-3)12-9-10-7-5-4-6-8-10/h4-8H,9H2,1-3H3. The van der Waals surface area contributed by atoms with Crippen LogP contribution in [0, 0.1) is 0 Å². The Morgan fingerprint density at radius 2 is 1.88 bits per heavy atom. The van der Waals surface area contributed by atoms with Crippen LogP contribution in [0.5, 0.6) is 0 Å². The molecule has 6 heteroatoms. The molecule has 0 aromatic heterocycles. The highest BCUT2D eigenvalue weighted by Gasteiger charge is 2.28. The highest BCUT2D eigenvalue weighted by atomic mass is 32.2. The normalized spacial score (nSPS) is 12.8. The fourth-order valence-corrected chi connectivity index (χ4v) is 3.48. The number of hydrogen-bond acceptors (Lipinski definition) is 5. The molecular weight excluding hydrogens is 257 g/mol. The summed E-state index contributed by atoms with van der Waals surface area (Å²) in [5, 5.41) is 0. The molecule has 0 spiro atoms. The molecule has 0 heterocycles. The first-order valence-corrected chi connectivity index (χ1v) is 7.77. The minimum absolute atomic E-state index is 0.395. The molecule has 94 valence electrons. The first kappa shape index (κ1) is 14.5. The Balaban J connectivity index is 2.85. The van der Waals surface area contributed by atoms with Crippen LogP contribution in [0.4, 0.5) is 0 Å². The van der Waals surface area contributed by atoms with Crippen molar-refractivity contribution in [1.82, 2.24) is 0 Å². The zero-order valence-electron chi connectivity index (χ0n) is 10.1. The van der Waals surface area contributed by atoms with Crippen LogP contribution in [-0.4, -0.2) is 25.3 Å². The Bertz CT molecular complexity index is 414. The minimum atomic E-state index is -3.22. The third-order valence-electron chi connectivity index (χ3n) is 2.14. The van der Waals surface area contributed by atoms with Crippen molar-refractivity contribution in [1.29, 1.82) is 0 Å². The van der Waals surface area contributed by atoms with E-state index in [4.69, 9.17) is 9.05 Å². The van der Waals surface area contributed by atoms with E-state index in [0.29, 0.717) is 11.3 Å². The van der Waals surface area contributed by atoms with E-state index in [1.165, 1.54) is 26.0 Å². The van der Waals surface area contributed by atoms with Gasteiger partial charge in [0.1, 0.15) is 0 Å². The van der Waals surface area contributed by atoms with Crippen molar-refractivity contribution >= 4 is 24.1 Å².